The molecule has 118 valence electrons. The van der Waals surface area contributed by atoms with Crippen molar-refractivity contribution in [2.75, 3.05) is 51.5 Å². The van der Waals surface area contributed by atoms with Crippen LogP contribution in [0.25, 0.3) is 0 Å². The van der Waals surface area contributed by atoms with Gasteiger partial charge in [0.25, 0.3) is 0 Å². The van der Waals surface area contributed by atoms with E-state index in [-0.39, 0.29) is 5.69 Å². The summed E-state index contributed by atoms with van der Waals surface area (Å²) in [6.45, 7) is 7.67. The van der Waals surface area contributed by atoms with Crippen LogP contribution in [0.4, 0.5) is 5.82 Å². The largest absolute Gasteiger partial charge is 0.464 e. The molecular formula is C14H23N3O4. The molecule has 0 amide bonds. The average molecular weight is 297 g/mol. The number of rotatable bonds is 10. The highest BCUT2D eigenvalue weighted by molar-refractivity contribution is 5.87. The molecule has 0 bridgehead atoms. The third-order valence-corrected chi connectivity index (χ3v) is 2.76. The summed E-state index contributed by atoms with van der Waals surface area (Å²) in [7, 11) is 1.32. The Morgan fingerprint density at radius 2 is 1.76 bits per heavy atom. The van der Waals surface area contributed by atoms with Crippen molar-refractivity contribution < 1.29 is 19.0 Å². The molecule has 7 heteroatoms. The highest BCUT2D eigenvalue weighted by Gasteiger charge is 2.13. The van der Waals surface area contributed by atoms with Gasteiger partial charge in [-0.05, 0) is 13.8 Å². The van der Waals surface area contributed by atoms with Gasteiger partial charge in [-0.2, -0.15) is 0 Å². The molecule has 1 heterocycles. The highest BCUT2D eigenvalue weighted by Crippen LogP contribution is 2.10. The molecule has 7 nitrogen and oxygen atoms in total. The van der Waals surface area contributed by atoms with Gasteiger partial charge in [-0.1, -0.05) is 0 Å². The second kappa shape index (κ2) is 10.1. The van der Waals surface area contributed by atoms with Crippen LogP contribution in [0.2, 0.25) is 0 Å². The Kier molecular flexibility index (Phi) is 8.30. The van der Waals surface area contributed by atoms with Crippen molar-refractivity contribution >= 4 is 11.8 Å². The first-order valence-electron chi connectivity index (χ1n) is 7.03. The number of nitrogens with zero attached hydrogens (tertiary/aromatic N) is 3. The van der Waals surface area contributed by atoms with Crippen LogP contribution in [0.15, 0.2) is 12.4 Å². The molecule has 1 aromatic rings. The van der Waals surface area contributed by atoms with Gasteiger partial charge in [-0.3, -0.25) is 4.98 Å². The van der Waals surface area contributed by atoms with Gasteiger partial charge in [-0.25, -0.2) is 9.78 Å². The molecule has 1 aromatic heterocycles. The molecule has 0 N–H and O–H groups in total. The number of carbonyl (C=O) groups excluding carboxylic acids is 1. The van der Waals surface area contributed by atoms with Crippen LogP contribution >= 0.6 is 0 Å². The van der Waals surface area contributed by atoms with Crippen LogP contribution in [0, 0.1) is 0 Å². The summed E-state index contributed by atoms with van der Waals surface area (Å²) < 4.78 is 15.4. The predicted molar refractivity (Wildman–Crippen MR) is 78.6 cm³/mol. The van der Waals surface area contributed by atoms with Crippen LogP contribution in [0.3, 0.4) is 0 Å². The van der Waals surface area contributed by atoms with E-state index < -0.39 is 5.97 Å². The molecule has 0 saturated carbocycles. The van der Waals surface area contributed by atoms with E-state index in [2.05, 4.69) is 14.7 Å². The summed E-state index contributed by atoms with van der Waals surface area (Å²) in [5, 5.41) is 0. The second-order valence-electron chi connectivity index (χ2n) is 4.13. The van der Waals surface area contributed by atoms with E-state index in [1.165, 1.54) is 13.3 Å². The van der Waals surface area contributed by atoms with Gasteiger partial charge in [0.1, 0.15) is 5.82 Å². The fourth-order valence-corrected chi connectivity index (χ4v) is 1.69. The summed E-state index contributed by atoms with van der Waals surface area (Å²) >= 11 is 0. The number of esters is 1. The van der Waals surface area contributed by atoms with E-state index in [0.29, 0.717) is 45.3 Å². The van der Waals surface area contributed by atoms with E-state index in [9.17, 15) is 4.79 Å². The third-order valence-electron chi connectivity index (χ3n) is 2.76. The van der Waals surface area contributed by atoms with Gasteiger partial charge in [0.15, 0.2) is 5.69 Å². The molecule has 0 aliphatic carbocycles. The second-order valence-corrected chi connectivity index (χ2v) is 4.13. The Morgan fingerprint density at radius 3 is 2.29 bits per heavy atom. The minimum Gasteiger partial charge on any atom is -0.464 e. The zero-order chi connectivity index (χ0) is 15.5. The van der Waals surface area contributed by atoms with E-state index >= 15 is 0 Å². The molecular weight excluding hydrogens is 274 g/mol. The lowest BCUT2D eigenvalue weighted by Crippen LogP contribution is -2.32. The van der Waals surface area contributed by atoms with Crippen molar-refractivity contribution in [1.29, 1.82) is 0 Å². The fraction of sp³-hybridized carbons (Fsp3) is 0.643. The van der Waals surface area contributed by atoms with Gasteiger partial charge in [-0.15, -0.1) is 0 Å². The van der Waals surface area contributed by atoms with E-state index in [0.717, 1.165) is 0 Å². The monoisotopic (exact) mass is 297 g/mol. The van der Waals surface area contributed by atoms with Crippen LogP contribution in [-0.4, -0.2) is 62.6 Å². The maximum absolute atomic E-state index is 11.5. The van der Waals surface area contributed by atoms with E-state index in [1.54, 1.807) is 6.20 Å². The van der Waals surface area contributed by atoms with Gasteiger partial charge in [0.2, 0.25) is 0 Å². The molecule has 21 heavy (non-hydrogen) atoms. The Morgan fingerprint density at radius 1 is 1.14 bits per heavy atom. The number of aromatic nitrogens is 2. The molecule has 0 spiro atoms. The van der Waals surface area contributed by atoms with Crippen molar-refractivity contribution in [2.24, 2.45) is 0 Å². The van der Waals surface area contributed by atoms with Gasteiger partial charge in [0, 0.05) is 26.3 Å². The summed E-state index contributed by atoms with van der Waals surface area (Å²) in [6, 6.07) is 0. The van der Waals surface area contributed by atoms with Gasteiger partial charge >= 0.3 is 5.97 Å². The topological polar surface area (TPSA) is 73.8 Å². The number of hydrogen-bond acceptors (Lipinski definition) is 7. The number of hydrogen-bond donors (Lipinski definition) is 0. The quantitative estimate of drug-likeness (QED) is 0.473. The number of carbonyl (C=O) groups is 1. The summed E-state index contributed by atoms with van der Waals surface area (Å²) in [5.41, 5.74) is 0.188. The summed E-state index contributed by atoms with van der Waals surface area (Å²) in [5.74, 6) is 0.108. The smallest absolute Gasteiger partial charge is 0.358 e. The molecule has 0 atom stereocenters. The molecule has 0 aliphatic heterocycles. The lowest BCUT2D eigenvalue weighted by molar-refractivity contribution is 0.0593. The molecule has 1 rings (SSSR count). The van der Waals surface area contributed by atoms with Crippen LogP contribution in [0.5, 0.6) is 0 Å². The first-order valence-corrected chi connectivity index (χ1v) is 7.03. The standard InChI is InChI=1S/C14H23N3O4/c1-4-20-8-6-17(7-9-21-5-2)13-11-15-10-12(16-13)14(18)19-3/h10-11H,4-9H2,1-3H3. The number of ether oxygens (including phenoxy) is 3. The van der Waals surface area contributed by atoms with Crippen molar-refractivity contribution in [1.82, 2.24) is 9.97 Å². The average Bonchev–Trinajstić information content (AvgIpc) is 2.53. The lowest BCUT2D eigenvalue weighted by Gasteiger charge is -2.23. The fourth-order valence-electron chi connectivity index (χ4n) is 1.69. The Balaban J connectivity index is 2.77. The normalized spacial score (nSPS) is 10.4. The Bertz CT molecular complexity index is 418. The lowest BCUT2D eigenvalue weighted by atomic mass is 10.4. The first-order chi connectivity index (χ1) is 10.2. The molecule has 0 radical (unpaired) electrons. The van der Waals surface area contributed by atoms with Crippen LogP contribution < -0.4 is 4.90 Å². The van der Waals surface area contributed by atoms with Crippen LogP contribution in [-0.2, 0) is 14.2 Å². The van der Waals surface area contributed by atoms with Crippen molar-refractivity contribution in [3.8, 4) is 0 Å². The summed E-state index contributed by atoms with van der Waals surface area (Å²) in [4.78, 5) is 21.8. The van der Waals surface area contributed by atoms with Gasteiger partial charge < -0.3 is 19.1 Å². The summed E-state index contributed by atoms with van der Waals surface area (Å²) in [6.07, 6.45) is 3.00. The van der Waals surface area contributed by atoms with Crippen molar-refractivity contribution in [3.63, 3.8) is 0 Å². The predicted octanol–water partition coefficient (Wildman–Crippen LogP) is 1.14. The maximum atomic E-state index is 11.5. The van der Waals surface area contributed by atoms with Crippen molar-refractivity contribution in [3.05, 3.63) is 18.1 Å². The van der Waals surface area contributed by atoms with E-state index in [4.69, 9.17) is 9.47 Å². The zero-order valence-electron chi connectivity index (χ0n) is 12.9. The number of methoxy groups -OCH3 is 1. The highest BCUT2D eigenvalue weighted by atomic mass is 16.5. The Labute approximate surface area is 125 Å². The SMILES string of the molecule is CCOCCN(CCOCC)c1cncc(C(=O)OC)n1. The molecule has 0 saturated heterocycles. The molecule has 0 aromatic carbocycles. The molecule has 0 aliphatic rings. The first kappa shape index (κ1) is 17.3. The van der Waals surface area contributed by atoms with E-state index in [1.807, 2.05) is 18.7 Å². The third kappa shape index (κ3) is 6.05. The van der Waals surface area contributed by atoms with Gasteiger partial charge in [0.05, 0.1) is 32.7 Å². The number of anilines is 1. The molecule has 0 fully saturated rings. The van der Waals surface area contributed by atoms with Crippen molar-refractivity contribution in [2.45, 2.75) is 13.8 Å². The zero-order valence-corrected chi connectivity index (χ0v) is 12.9. The van der Waals surface area contributed by atoms with Crippen LogP contribution in [0.1, 0.15) is 24.3 Å². The minimum atomic E-state index is -0.501. The molecule has 0 unspecified atom stereocenters. The Hall–Kier alpha value is -1.73. The minimum absolute atomic E-state index is 0.188. The maximum Gasteiger partial charge on any atom is 0.358 e.